The maximum absolute atomic E-state index is 12.3. The standard InChI is InChI=1S/C21H26N4O3S/c1-13-9-15(12-21(2,3)11-13)24-25-20-23-19(27)17(29-20)10-18(26)22-14-5-7-16(28-4)8-6-14/h5-9,17H,10-12H2,1-4H3,(H,22,26)(H,23,25,27)/b24-15+. The molecule has 1 heterocycles. The number of ether oxygens (including phenoxy) is 1. The van der Waals surface area contributed by atoms with Crippen LogP contribution in [0.4, 0.5) is 5.69 Å². The highest BCUT2D eigenvalue weighted by molar-refractivity contribution is 8.15. The number of rotatable bonds is 5. The van der Waals surface area contributed by atoms with Crippen LogP contribution in [0, 0.1) is 5.41 Å². The topological polar surface area (TPSA) is 92.2 Å². The normalized spacial score (nSPS) is 23.7. The minimum Gasteiger partial charge on any atom is -0.497 e. The molecular weight excluding hydrogens is 388 g/mol. The minimum atomic E-state index is -0.521. The lowest BCUT2D eigenvalue weighted by atomic mass is 9.77. The summed E-state index contributed by atoms with van der Waals surface area (Å²) >= 11 is 1.23. The SMILES string of the molecule is COc1ccc(NC(=O)CC2S/C(=N\N=C3/C=C(C)CC(C)(C)C3)NC2=O)cc1. The average molecular weight is 415 g/mol. The summed E-state index contributed by atoms with van der Waals surface area (Å²) in [4.78, 5) is 24.5. The van der Waals surface area contributed by atoms with Crippen molar-refractivity contribution < 1.29 is 14.3 Å². The van der Waals surface area contributed by atoms with E-state index in [2.05, 4.69) is 47.7 Å². The van der Waals surface area contributed by atoms with E-state index in [-0.39, 0.29) is 23.7 Å². The molecule has 1 fully saturated rings. The van der Waals surface area contributed by atoms with Crippen molar-refractivity contribution in [3.05, 3.63) is 35.9 Å². The van der Waals surface area contributed by atoms with Crippen LogP contribution in [0.5, 0.6) is 5.75 Å². The molecule has 0 aromatic heterocycles. The van der Waals surface area contributed by atoms with E-state index in [1.807, 2.05) is 0 Å². The summed E-state index contributed by atoms with van der Waals surface area (Å²) in [7, 11) is 1.58. The number of amidine groups is 1. The molecule has 2 N–H and O–H groups in total. The van der Waals surface area contributed by atoms with Gasteiger partial charge in [0.05, 0.1) is 12.8 Å². The van der Waals surface area contributed by atoms with Gasteiger partial charge in [-0.1, -0.05) is 31.2 Å². The van der Waals surface area contributed by atoms with Crippen LogP contribution in [0.1, 0.15) is 40.0 Å². The van der Waals surface area contributed by atoms with E-state index in [0.717, 1.165) is 18.6 Å². The zero-order valence-corrected chi connectivity index (χ0v) is 17.9. The molecular formula is C21H26N4O3S. The van der Waals surface area contributed by atoms with Crippen molar-refractivity contribution in [2.24, 2.45) is 15.6 Å². The second-order valence-electron chi connectivity index (χ2n) is 8.08. The predicted molar refractivity (Wildman–Crippen MR) is 117 cm³/mol. The molecule has 0 spiro atoms. The van der Waals surface area contributed by atoms with Crippen LogP contribution in [0.25, 0.3) is 0 Å². The highest BCUT2D eigenvalue weighted by Gasteiger charge is 2.32. The molecule has 0 saturated carbocycles. The van der Waals surface area contributed by atoms with Gasteiger partial charge < -0.3 is 15.4 Å². The summed E-state index contributed by atoms with van der Waals surface area (Å²) in [6.45, 7) is 6.50. The third kappa shape index (κ3) is 5.93. The van der Waals surface area contributed by atoms with Gasteiger partial charge in [0, 0.05) is 12.1 Å². The molecule has 8 heteroatoms. The number of methoxy groups -OCH3 is 1. The number of nitrogens with one attached hydrogen (secondary N) is 2. The largest absolute Gasteiger partial charge is 0.497 e. The lowest BCUT2D eigenvalue weighted by molar-refractivity contribution is -0.122. The second-order valence-corrected chi connectivity index (χ2v) is 9.27. The quantitative estimate of drug-likeness (QED) is 0.718. The Balaban J connectivity index is 1.58. The molecule has 2 aliphatic rings. The average Bonchev–Trinajstić information content (AvgIpc) is 2.98. The Morgan fingerprint density at radius 2 is 2.00 bits per heavy atom. The summed E-state index contributed by atoms with van der Waals surface area (Å²) in [6, 6.07) is 7.03. The Morgan fingerprint density at radius 1 is 1.28 bits per heavy atom. The predicted octanol–water partition coefficient (Wildman–Crippen LogP) is 3.73. The Kier molecular flexibility index (Phi) is 6.42. The van der Waals surface area contributed by atoms with Crippen molar-refractivity contribution >= 4 is 40.1 Å². The van der Waals surface area contributed by atoms with Crippen LogP contribution in [-0.2, 0) is 9.59 Å². The van der Waals surface area contributed by atoms with Gasteiger partial charge in [0.2, 0.25) is 11.8 Å². The highest BCUT2D eigenvalue weighted by Crippen LogP contribution is 2.34. The Morgan fingerprint density at radius 3 is 2.66 bits per heavy atom. The second kappa shape index (κ2) is 8.82. The van der Waals surface area contributed by atoms with Crippen LogP contribution in [-0.4, -0.2) is 35.1 Å². The van der Waals surface area contributed by atoms with E-state index in [9.17, 15) is 9.59 Å². The first-order valence-corrected chi connectivity index (χ1v) is 10.4. The summed E-state index contributed by atoms with van der Waals surface area (Å²) in [5, 5.41) is 13.9. The Bertz CT molecular complexity index is 888. The number of amides is 2. The number of hydrogen-bond donors (Lipinski definition) is 2. The van der Waals surface area contributed by atoms with Crippen molar-refractivity contribution in [2.75, 3.05) is 12.4 Å². The van der Waals surface area contributed by atoms with E-state index in [4.69, 9.17) is 4.74 Å². The zero-order valence-electron chi connectivity index (χ0n) is 17.1. The van der Waals surface area contributed by atoms with Crippen molar-refractivity contribution in [1.82, 2.24) is 5.32 Å². The minimum absolute atomic E-state index is 0.0597. The van der Waals surface area contributed by atoms with Crippen LogP contribution in [0.3, 0.4) is 0 Å². The van der Waals surface area contributed by atoms with Crippen molar-refractivity contribution in [3.63, 3.8) is 0 Å². The summed E-state index contributed by atoms with van der Waals surface area (Å²) < 4.78 is 5.10. The smallest absolute Gasteiger partial charge is 0.240 e. The van der Waals surface area contributed by atoms with Crippen molar-refractivity contribution in [3.8, 4) is 5.75 Å². The molecule has 1 aromatic carbocycles. The Labute approximate surface area is 175 Å². The summed E-state index contributed by atoms with van der Waals surface area (Å²) in [6.07, 6.45) is 3.99. The number of benzene rings is 1. The number of thioether (sulfide) groups is 1. The molecule has 1 aromatic rings. The molecule has 1 aliphatic carbocycles. The van der Waals surface area contributed by atoms with Crippen LogP contribution in [0.2, 0.25) is 0 Å². The maximum atomic E-state index is 12.3. The molecule has 154 valence electrons. The highest BCUT2D eigenvalue weighted by atomic mass is 32.2. The van der Waals surface area contributed by atoms with Gasteiger partial charge in [-0.2, -0.15) is 5.10 Å². The first-order valence-electron chi connectivity index (χ1n) is 9.47. The van der Waals surface area contributed by atoms with E-state index < -0.39 is 5.25 Å². The maximum Gasteiger partial charge on any atom is 0.240 e. The lowest BCUT2D eigenvalue weighted by Gasteiger charge is -2.28. The first-order chi connectivity index (χ1) is 13.7. The lowest BCUT2D eigenvalue weighted by Crippen LogP contribution is -2.28. The van der Waals surface area contributed by atoms with E-state index in [1.54, 1.807) is 31.4 Å². The first kappa shape index (κ1) is 21.1. The number of carbonyl (C=O) groups is 2. The van der Waals surface area contributed by atoms with Gasteiger partial charge in [0.25, 0.3) is 0 Å². The van der Waals surface area contributed by atoms with Gasteiger partial charge in [0.15, 0.2) is 5.17 Å². The molecule has 1 aliphatic heterocycles. The third-order valence-electron chi connectivity index (χ3n) is 4.62. The van der Waals surface area contributed by atoms with Gasteiger partial charge in [-0.25, -0.2) is 0 Å². The number of nitrogens with zero attached hydrogens (tertiary/aromatic N) is 2. The van der Waals surface area contributed by atoms with Crippen molar-refractivity contribution in [2.45, 2.75) is 45.3 Å². The van der Waals surface area contributed by atoms with E-state index in [0.29, 0.717) is 16.6 Å². The van der Waals surface area contributed by atoms with Crippen molar-refractivity contribution in [1.29, 1.82) is 0 Å². The monoisotopic (exact) mass is 414 g/mol. The molecule has 2 amide bonds. The molecule has 0 bridgehead atoms. The molecule has 1 atom stereocenters. The summed E-state index contributed by atoms with van der Waals surface area (Å²) in [5.41, 5.74) is 2.99. The van der Waals surface area contributed by atoms with Gasteiger partial charge in [-0.3, -0.25) is 9.59 Å². The third-order valence-corrected chi connectivity index (χ3v) is 5.69. The van der Waals surface area contributed by atoms with Crippen LogP contribution in [0.15, 0.2) is 46.1 Å². The fourth-order valence-electron chi connectivity index (χ4n) is 3.51. The van der Waals surface area contributed by atoms with Gasteiger partial charge in [-0.15, -0.1) is 5.10 Å². The Hall–Kier alpha value is -2.61. The molecule has 1 saturated heterocycles. The van der Waals surface area contributed by atoms with E-state index >= 15 is 0 Å². The molecule has 0 radical (unpaired) electrons. The molecule has 1 unspecified atom stereocenters. The van der Waals surface area contributed by atoms with E-state index in [1.165, 1.54) is 17.3 Å². The van der Waals surface area contributed by atoms with Gasteiger partial charge in [-0.05, 0) is 55.5 Å². The van der Waals surface area contributed by atoms with Gasteiger partial charge in [0.1, 0.15) is 11.0 Å². The number of carbonyl (C=O) groups excluding carboxylic acids is 2. The molecule has 29 heavy (non-hydrogen) atoms. The summed E-state index contributed by atoms with van der Waals surface area (Å²) in [5.74, 6) is 0.250. The fourth-order valence-corrected chi connectivity index (χ4v) is 4.43. The number of anilines is 1. The number of allylic oxidation sites excluding steroid dienone is 2. The molecule has 7 nitrogen and oxygen atoms in total. The van der Waals surface area contributed by atoms with Crippen LogP contribution < -0.4 is 15.4 Å². The fraction of sp³-hybridized carbons (Fsp3) is 0.429. The molecule has 3 rings (SSSR count). The zero-order chi connectivity index (χ0) is 21.0. The number of hydrogen-bond acceptors (Lipinski definition) is 6. The van der Waals surface area contributed by atoms with Crippen LogP contribution >= 0.6 is 11.8 Å². The van der Waals surface area contributed by atoms with Gasteiger partial charge >= 0.3 is 0 Å².